The molecule has 1 aromatic heterocycles. The molecule has 0 fully saturated rings. The molecule has 3 aromatic carbocycles. The number of pyridine rings is 1. The quantitative estimate of drug-likeness (QED) is 0.401. The molecule has 0 saturated heterocycles. The van der Waals surface area contributed by atoms with Gasteiger partial charge in [-0.1, -0.05) is 24.3 Å². The van der Waals surface area contributed by atoms with Crippen molar-refractivity contribution in [2.75, 3.05) is 40.7 Å². The van der Waals surface area contributed by atoms with E-state index < -0.39 is 0 Å². The summed E-state index contributed by atoms with van der Waals surface area (Å²) in [5.41, 5.74) is 3.36. The van der Waals surface area contributed by atoms with Crippen molar-refractivity contribution in [1.82, 2.24) is 9.88 Å². The number of hydrogen-bond donors (Lipinski definition) is 1. The zero-order valence-corrected chi connectivity index (χ0v) is 20.8. The van der Waals surface area contributed by atoms with Crippen molar-refractivity contribution >= 4 is 28.4 Å². The Morgan fingerprint density at radius 3 is 2.17 bits per heavy atom. The maximum absolute atomic E-state index is 13.5. The Morgan fingerprint density at radius 2 is 1.53 bits per heavy atom. The summed E-state index contributed by atoms with van der Waals surface area (Å²) in [6, 6.07) is 19.6. The largest absolute Gasteiger partial charge is 0.493 e. The zero-order valence-electron chi connectivity index (χ0n) is 20.8. The fourth-order valence-electron chi connectivity index (χ4n) is 3.93. The van der Waals surface area contributed by atoms with Crippen molar-refractivity contribution in [1.29, 1.82) is 0 Å². The van der Waals surface area contributed by atoms with Crippen LogP contribution in [0.3, 0.4) is 0 Å². The van der Waals surface area contributed by atoms with Gasteiger partial charge in [0.25, 0.3) is 11.8 Å². The highest BCUT2D eigenvalue weighted by molar-refractivity contribution is 6.13. The SMILES string of the molecule is COc1cc(-c2cc(C(=O)Nc3cccc(C(=O)N(C)C)c3)c3ccccc3n2)cc(OC)c1OC. The third-order valence-corrected chi connectivity index (χ3v) is 5.69. The fourth-order valence-corrected chi connectivity index (χ4v) is 3.93. The molecule has 36 heavy (non-hydrogen) atoms. The van der Waals surface area contributed by atoms with E-state index in [4.69, 9.17) is 19.2 Å². The Labute approximate surface area is 209 Å². The van der Waals surface area contributed by atoms with Crippen LogP contribution in [-0.4, -0.2) is 57.1 Å². The van der Waals surface area contributed by atoms with Crippen LogP contribution in [-0.2, 0) is 0 Å². The van der Waals surface area contributed by atoms with E-state index in [9.17, 15) is 9.59 Å². The van der Waals surface area contributed by atoms with Gasteiger partial charge in [-0.15, -0.1) is 0 Å². The summed E-state index contributed by atoms with van der Waals surface area (Å²) >= 11 is 0. The molecule has 0 spiro atoms. The summed E-state index contributed by atoms with van der Waals surface area (Å²) in [7, 11) is 7.99. The van der Waals surface area contributed by atoms with Gasteiger partial charge in [0.05, 0.1) is 38.1 Å². The summed E-state index contributed by atoms with van der Waals surface area (Å²) in [4.78, 5) is 32.1. The molecule has 0 saturated carbocycles. The minimum Gasteiger partial charge on any atom is -0.493 e. The number of aromatic nitrogens is 1. The van der Waals surface area contributed by atoms with Gasteiger partial charge >= 0.3 is 0 Å². The molecule has 0 unspecified atom stereocenters. The second-order valence-corrected chi connectivity index (χ2v) is 8.22. The van der Waals surface area contributed by atoms with Gasteiger partial charge in [-0.05, 0) is 42.5 Å². The number of hydrogen-bond acceptors (Lipinski definition) is 6. The molecule has 1 N–H and O–H groups in total. The van der Waals surface area contributed by atoms with Gasteiger partial charge in [-0.2, -0.15) is 0 Å². The third-order valence-electron chi connectivity index (χ3n) is 5.69. The van der Waals surface area contributed by atoms with Crippen molar-refractivity contribution in [3.8, 4) is 28.5 Å². The lowest BCUT2D eigenvalue weighted by Gasteiger charge is -2.15. The minimum absolute atomic E-state index is 0.148. The lowest BCUT2D eigenvalue weighted by Crippen LogP contribution is -2.22. The second-order valence-electron chi connectivity index (χ2n) is 8.22. The van der Waals surface area contributed by atoms with Crippen molar-refractivity contribution in [3.63, 3.8) is 0 Å². The van der Waals surface area contributed by atoms with Crippen LogP contribution >= 0.6 is 0 Å². The zero-order chi connectivity index (χ0) is 25.8. The molecule has 184 valence electrons. The summed E-state index contributed by atoms with van der Waals surface area (Å²) < 4.78 is 16.4. The second kappa shape index (κ2) is 10.4. The van der Waals surface area contributed by atoms with E-state index in [1.54, 1.807) is 70.8 Å². The van der Waals surface area contributed by atoms with E-state index >= 15 is 0 Å². The first-order valence-corrected chi connectivity index (χ1v) is 11.2. The molecular weight excluding hydrogens is 458 g/mol. The first-order valence-electron chi connectivity index (χ1n) is 11.2. The van der Waals surface area contributed by atoms with Gasteiger partial charge in [0.15, 0.2) is 11.5 Å². The maximum atomic E-state index is 13.5. The Balaban J connectivity index is 1.79. The molecule has 0 aliphatic carbocycles. The monoisotopic (exact) mass is 485 g/mol. The standard InChI is InChI=1S/C28H27N3O5/c1-31(2)28(33)17-9-8-10-19(13-17)29-27(32)21-16-23(30-22-12-7-6-11-20(21)22)18-14-24(34-3)26(36-5)25(15-18)35-4/h6-16H,1-5H3,(H,29,32). The van der Waals surface area contributed by atoms with Gasteiger partial charge < -0.3 is 24.4 Å². The van der Waals surface area contributed by atoms with Gasteiger partial charge in [0.2, 0.25) is 5.75 Å². The van der Waals surface area contributed by atoms with Gasteiger partial charge in [-0.25, -0.2) is 4.98 Å². The van der Waals surface area contributed by atoms with Crippen LogP contribution in [0.2, 0.25) is 0 Å². The van der Waals surface area contributed by atoms with Crippen molar-refractivity contribution in [3.05, 3.63) is 77.9 Å². The number of amides is 2. The lowest BCUT2D eigenvalue weighted by molar-refractivity contribution is 0.0827. The summed E-state index contributed by atoms with van der Waals surface area (Å²) in [6.45, 7) is 0. The lowest BCUT2D eigenvalue weighted by atomic mass is 10.0. The number of methoxy groups -OCH3 is 3. The summed E-state index contributed by atoms with van der Waals surface area (Å²) in [6.07, 6.45) is 0. The van der Waals surface area contributed by atoms with Crippen LogP contribution in [0.1, 0.15) is 20.7 Å². The first kappa shape index (κ1) is 24.5. The van der Waals surface area contributed by atoms with Crippen LogP contribution in [0, 0.1) is 0 Å². The topological polar surface area (TPSA) is 90.0 Å². The number of rotatable bonds is 7. The third kappa shape index (κ3) is 4.79. The first-order chi connectivity index (χ1) is 17.4. The molecule has 0 atom stereocenters. The molecule has 4 aromatic rings. The molecule has 0 aliphatic heterocycles. The van der Waals surface area contributed by atoms with Crippen LogP contribution < -0.4 is 19.5 Å². The molecule has 8 nitrogen and oxygen atoms in total. The number of para-hydroxylation sites is 1. The van der Waals surface area contributed by atoms with Crippen LogP contribution in [0.5, 0.6) is 17.2 Å². The van der Waals surface area contributed by atoms with Gasteiger partial charge in [0, 0.05) is 36.3 Å². The van der Waals surface area contributed by atoms with E-state index in [0.29, 0.717) is 56.2 Å². The van der Waals surface area contributed by atoms with Crippen molar-refractivity contribution in [2.45, 2.75) is 0 Å². The number of fused-ring (bicyclic) bond motifs is 1. The predicted molar refractivity (Wildman–Crippen MR) is 139 cm³/mol. The molecule has 8 heteroatoms. The minimum atomic E-state index is -0.322. The molecule has 0 aliphatic rings. The fraction of sp³-hybridized carbons (Fsp3) is 0.179. The molecular formula is C28H27N3O5. The van der Waals surface area contributed by atoms with E-state index in [1.165, 1.54) is 12.0 Å². The Kier molecular flexibility index (Phi) is 7.05. The van der Waals surface area contributed by atoms with Crippen molar-refractivity contribution in [2.24, 2.45) is 0 Å². The van der Waals surface area contributed by atoms with Gasteiger partial charge in [-0.3, -0.25) is 9.59 Å². The summed E-state index contributed by atoms with van der Waals surface area (Å²) in [5, 5.41) is 3.62. The van der Waals surface area contributed by atoms with E-state index in [-0.39, 0.29) is 11.8 Å². The molecule has 0 bridgehead atoms. The number of carbonyl (C=O) groups excluding carboxylic acids is 2. The Hall–Kier alpha value is -4.59. The predicted octanol–water partition coefficient (Wildman–Crippen LogP) is 4.88. The highest BCUT2D eigenvalue weighted by atomic mass is 16.5. The summed E-state index contributed by atoms with van der Waals surface area (Å²) in [5.74, 6) is 0.960. The van der Waals surface area contributed by atoms with Crippen LogP contribution in [0.4, 0.5) is 5.69 Å². The highest BCUT2D eigenvalue weighted by Crippen LogP contribution is 2.41. The van der Waals surface area contributed by atoms with Crippen molar-refractivity contribution < 1.29 is 23.8 Å². The number of nitrogens with one attached hydrogen (secondary N) is 1. The normalized spacial score (nSPS) is 10.6. The smallest absolute Gasteiger partial charge is 0.256 e. The van der Waals surface area contributed by atoms with E-state index in [2.05, 4.69) is 5.32 Å². The molecule has 0 radical (unpaired) electrons. The Morgan fingerprint density at radius 1 is 0.833 bits per heavy atom. The molecule has 2 amide bonds. The number of benzene rings is 3. The Bertz CT molecular complexity index is 1420. The number of nitrogens with zero attached hydrogens (tertiary/aromatic N) is 2. The molecule has 4 rings (SSSR count). The van der Waals surface area contributed by atoms with E-state index in [1.807, 2.05) is 24.3 Å². The molecule has 1 heterocycles. The van der Waals surface area contributed by atoms with E-state index in [0.717, 1.165) is 0 Å². The van der Waals surface area contributed by atoms with Crippen LogP contribution in [0.15, 0.2) is 66.7 Å². The van der Waals surface area contributed by atoms with Gasteiger partial charge in [0.1, 0.15) is 0 Å². The number of ether oxygens (including phenoxy) is 3. The number of anilines is 1. The number of carbonyl (C=O) groups is 2. The highest BCUT2D eigenvalue weighted by Gasteiger charge is 2.19. The average molecular weight is 486 g/mol. The van der Waals surface area contributed by atoms with Crippen LogP contribution in [0.25, 0.3) is 22.2 Å². The maximum Gasteiger partial charge on any atom is 0.256 e. The average Bonchev–Trinajstić information content (AvgIpc) is 2.91.